The van der Waals surface area contributed by atoms with E-state index in [1.165, 1.54) is 5.56 Å². The van der Waals surface area contributed by atoms with Crippen LogP contribution < -0.4 is 5.32 Å². The van der Waals surface area contributed by atoms with Gasteiger partial charge in [0.05, 0.1) is 17.8 Å². The van der Waals surface area contributed by atoms with E-state index in [4.69, 9.17) is 0 Å². The van der Waals surface area contributed by atoms with Crippen LogP contribution in [0.15, 0.2) is 54.7 Å². The zero-order chi connectivity index (χ0) is 15.5. The highest BCUT2D eigenvalue weighted by Gasteiger charge is 2.40. The third kappa shape index (κ3) is 2.82. The lowest BCUT2D eigenvalue weighted by molar-refractivity contribution is 0.0578. The molecule has 1 aliphatic heterocycles. The summed E-state index contributed by atoms with van der Waals surface area (Å²) in [4.78, 5) is 18.7. The number of carbonyl (C=O) groups is 1. The molecular formula is C18H21N3O. The van der Waals surface area contributed by atoms with Crippen LogP contribution in [0.3, 0.4) is 0 Å². The topological polar surface area (TPSA) is 45.2 Å². The van der Waals surface area contributed by atoms with E-state index < -0.39 is 0 Å². The number of hydrogen-bond donors (Lipinski definition) is 1. The van der Waals surface area contributed by atoms with Gasteiger partial charge in [0.1, 0.15) is 0 Å². The van der Waals surface area contributed by atoms with Crippen LogP contribution in [0.1, 0.15) is 37.2 Å². The number of nitrogens with zero attached hydrogens (tertiary/aromatic N) is 2. The van der Waals surface area contributed by atoms with Crippen molar-refractivity contribution < 1.29 is 4.79 Å². The molecule has 0 saturated carbocycles. The van der Waals surface area contributed by atoms with Gasteiger partial charge in [-0.3, -0.25) is 4.98 Å². The molecule has 3 atom stereocenters. The predicted octanol–water partition coefficient (Wildman–Crippen LogP) is 3.55. The summed E-state index contributed by atoms with van der Waals surface area (Å²) in [5, 5.41) is 3.04. The Hall–Kier alpha value is -2.36. The molecule has 0 spiro atoms. The van der Waals surface area contributed by atoms with Crippen molar-refractivity contribution in [3.8, 4) is 0 Å². The Bertz CT molecular complexity index is 629. The Kier molecular flexibility index (Phi) is 4.09. The average Bonchev–Trinajstić information content (AvgIpc) is 2.54. The zero-order valence-corrected chi connectivity index (χ0v) is 12.9. The minimum absolute atomic E-state index is 0.0230. The number of carbonyl (C=O) groups excluding carboxylic acids is 1. The van der Waals surface area contributed by atoms with Crippen molar-refractivity contribution >= 4 is 6.03 Å². The summed E-state index contributed by atoms with van der Waals surface area (Å²) in [6, 6.07) is 16.0. The van der Waals surface area contributed by atoms with Crippen LogP contribution in [-0.4, -0.2) is 22.5 Å². The number of nitrogens with one attached hydrogen (secondary N) is 1. The highest BCUT2D eigenvalue weighted by Crippen LogP contribution is 2.38. The van der Waals surface area contributed by atoms with Crippen molar-refractivity contribution in [1.82, 2.24) is 15.2 Å². The van der Waals surface area contributed by atoms with Gasteiger partial charge in [0.2, 0.25) is 0 Å². The maximum absolute atomic E-state index is 12.5. The number of likely N-dealkylation sites (tertiary alicyclic amines) is 1. The molecule has 0 radical (unpaired) electrons. The summed E-state index contributed by atoms with van der Waals surface area (Å²) in [5.74, 6) is 0.485. The minimum atomic E-state index is -0.0963. The van der Waals surface area contributed by atoms with Crippen molar-refractivity contribution in [3.63, 3.8) is 0 Å². The van der Waals surface area contributed by atoms with E-state index in [0.717, 1.165) is 12.2 Å². The third-order valence-corrected chi connectivity index (χ3v) is 4.23. The fourth-order valence-corrected chi connectivity index (χ4v) is 3.03. The van der Waals surface area contributed by atoms with E-state index in [0.29, 0.717) is 5.92 Å². The molecule has 4 nitrogen and oxygen atoms in total. The highest BCUT2D eigenvalue weighted by molar-refractivity contribution is 5.76. The molecule has 1 saturated heterocycles. The molecule has 2 heterocycles. The Balaban J connectivity index is 1.68. The van der Waals surface area contributed by atoms with Gasteiger partial charge in [-0.25, -0.2) is 4.79 Å². The molecule has 2 aromatic rings. The maximum Gasteiger partial charge on any atom is 0.318 e. The lowest BCUT2D eigenvalue weighted by Gasteiger charge is -2.47. The van der Waals surface area contributed by atoms with E-state index in [1.807, 2.05) is 48.2 Å². The quantitative estimate of drug-likeness (QED) is 0.941. The molecule has 22 heavy (non-hydrogen) atoms. The number of pyridine rings is 1. The van der Waals surface area contributed by atoms with Crippen LogP contribution in [0.2, 0.25) is 0 Å². The monoisotopic (exact) mass is 295 g/mol. The van der Waals surface area contributed by atoms with E-state index in [-0.39, 0.29) is 18.1 Å². The van der Waals surface area contributed by atoms with Gasteiger partial charge in [-0.2, -0.15) is 0 Å². The van der Waals surface area contributed by atoms with Gasteiger partial charge in [0, 0.05) is 12.7 Å². The number of urea groups is 1. The molecule has 1 aromatic heterocycles. The second kappa shape index (κ2) is 6.18. The van der Waals surface area contributed by atoms with E-state index in [1.54, 1.807) is 6.20 Å². The first-order chi connectivity index (χ1) is 10.7. The summed E-state index contributed by atoms with van der Waals surface area (Å²) in [6.45, 7) is 4.94. The van der Waals surface area contributed by atoms with Crippen molar-refractivity contribution in [2.24, 2.45) is 5.92 Å². The molecule has 114 valence electrons. The molecule has 1 aliphatic rings. The largest absolute Gasteiger partial charge is 0.330 e. The Morgan fingerprint density at radius 1 is 1.23 bits per heavy atom. The van der Waals surface area contributed by atoms with E-state index in [9.17, 15) is 4.79 Å². The van der Waals surface area contributed by atoms with Gasteiger partial charge in [0.25, 0.3) is 0 Å². The number of hydrogen-bond acceptors (Lipinski definition) is 2. The second-order valence-corrected chi connectivity index (χ2v) is 5.91. The molecule has 4 heteroatoms. The number of amides is 2. The van der Waals surface area contributed by atoms with E-state index in [2.05, 4.69) is 29.4 Å². The first-order valence-corrected chi connectivity index (χ1v) is 7.70. The molecule has 1 aromatic carbocycles. The fourth-order valence-electron chi connectivity index (χ4n) is 3.03. The molecule has 0 bridgehead atoms. The van der Waals surface area contributed by atoms with Crippen molar-refractivity contribution in [2.75, 3.05) is 6.54 Å². The van der Waals surface area contributed by atoms with Crippen molar-refractivity contribution in [3.05, 3.63) is 66.0 Å². The second-order valence-electron chi connectivity index (χ2n) is 5.91. The smallest absolute Gasteiger partial charge is 0.318 e. The van der Waals surface area contributed by atoms with E-state index >= 15 is 0 Å². The molecule has 1 fully saturated rings. The summed E-state index contributed by atoms with van der Waals surface area (Å²) in [5.41, 5.74) is 2.07. The summed E-state index contributed by atoms with van der Waals surface area (Å²) >= 11 is 0. The maximum atomic E-state index is 12.5. The Morgan fingerprint density at radius 2 is 1.95 bits per heavy atom. The van der Waals surface area contributed by atoms with Gasteiger partial charge < -0.3 is 10.2 Å². The molecule has 2 amide bonds. The zero-order valence-electron chi connectivity index (χ0n) is 12.9. The van der Waals surface area contributed by atoms with Crippen LogP contribution in [0.5, 0.6) is 0 Å². The minimum Gasteiger partial charge on any atom is -0.330 e. The first kappa shape index (κ1) is 14.6. The van der Waals surface area contributed by atoms with Gasteiger partial charge in [-0.15, -0.1) is 0 Å². The van der Waals surface area contributed by atoms with Crippen LogP contribution in [-0.2, 0) is 0 Å². The highest BCUT2D eigenvalue weighted by atomic mass is 16.2. The number of rotatable bonds is 3. The van der Waals surface area contributed by atoms with Crippen LogP contribution in [0, 0.1) is 5.92 Å². The van der Waals surface area contributed by atoms with Crippen molar-refractivity contribution in [2.45, 2.75) is 25.9 Å². The van der Waals surface area contributed by atoms with Gasteiger partial charge in [-0.05, 0) is 30.5 Å². The van der Waals surface area contributed by atoms with Crippen LogP contribution >= 0.6 is 0 Å². The molecule has 0 aliphatic carbocycles. The van der Waals surface area contributed by atoms with Crippen LogP contribution in [0.4, 0.5) is 4.79 Å². The predicted molar refractivity (Wildman–Crippen MR) is 86.2 cm³/mol. The SMILES string of the molecule is C[C@H](NC(=O)N1C[C@@H](C)[C@@H]1c1ccccc1)c1ccccn1. The normalized spacial score (nSPS) is 21.8. The fraction of sp³-hybridized carbons (Fsp3) is 0.333. The van der Waals surface area contributed by atoms with Crippen LogP contribution in [0.25, 0.3) is 0 Å². The molecular weight excluding hydrogens is 274 g/mol. The first-order valence-electron chi connectivity index (χ1n) is 7.70. The third-order valence-electron chi connectivity index (χ3n) is 4.23. The summed E-state index contributed by atoms with van der Waals surface area (Å²) in [7, 11) is 0. The lowest BCUT2D eigenvalue weighted by Crippen LogP contribution is -2.55. The van der Waals surface area contributed by atoms with Gasteiger partial charge in [-0.1, -0.05) is 43.3 Å². The standard InChI is InChI=1S/C18H21N3O/c1-13-12-21(17(13)15-8-4-3-5-9-15)18(22)20-14(2)16-10-6-7-11-19-16/h3-11,13-14,17H,12H2,1-2H3,(H,20,22)/t13-,14+,17-/m1/s1. The van der Waals surface area contributed by atoms with Gasteiger partial charge in [0.15, 0.2) is 0 Å². The number of benzene rings is 1. The molecule has 3 rings (SSSR count). The van der Waals surface area contributed by atoms with Gasteiger partial charge >= 0.3 is 6.03 Å². The Morgan fingerprint density at radius 3 is 2.59 bits per heavy atom. The number of aromatic nitrogens is 1. The summed E-state index contributed by atoms with van der Waals surface area (Å²) in [6.07, 6.45) is 1.75. The lowest BCUT2D eigenvalue weighted by atomic mass is 9.85. The van der Waals surface area contributed by atoms with Crippen molar-refractivity contribution in [1.29, 1.82) is 0 Å². The molecule has 1 N–H and O–H groups in total. The summed E-state index contributed by atoms with van der Waals surface area (Å²) < 4.78 is 0. The molecule has 0 unspecified atom stereocenters. The Labute approximate surface area is 131 Å². The average molecular weight is 295 g/mol.